The topological polar surface area (TPSA) is 12.5 Å². The lowest BCUT2D eigenvalue weighted by atomic mass is 9.94. The van der Waals surface area contributed by atoms with Gasteiger partial charge in [0.15, 0.2) is 0 Å². The molecule has 0 spiro atoms. The molecule has 92 valence electrons. The molecule has 16 heavy (non-hydrogen) atoms. The van der Waals surface area contributed by atoms with Crippen LogP contribution in [0.5, 0.6) is 0 Å². The average Bonchev–Trinajstić information content (AvgIpc) is 2.80. The van der Waals surface area contributed by atoms with Gasteiger partial charge in [0.05, 0.1) is 11.6 Å². The maximum atomic E-state index is 5.67. The van der Waals surface area contributed by atoms with E-state index in [0.717, 1.165) is 0 Å². The molecular weight excluding hydrogens is 198 g/mol. The van der Waals surface area contributed by atoms with Crippen molar-refractivity contribution in [1.29, 1.82) is 0 Å². The number of methoxy groups -OCH3 is 1. The fourth-order valence-corrected chi connectivity index (χ4v) is 3.05. The van der Waals surface area contributed by atoms with Crippen LogP contribution >= 0.6 is 0 Å². The van der Waals surface area contributed by atoms with Crippen molar-refractivity contribution < 1.29 is 4.74 Å². The van der Waals surface area contributed by atoms with Gasteiger partial charge in [-0.2, -0.15) is 0 Å². The molecule has 0 radical (unpaired) electrons. The molecule has 0 aromatic carbocycles. The van der Waals surface area contributed by atoms with Crippen molar-refractivity contribution in [1.82, 2.24) is 4.90 Å². The Morgan fingerprint density at radius 3 is 2.75 bits per heavy atom. The molecule has 1 fully saturated rings. The number of rotatable bonds is 3. The number of hydrogen-bond acceptors (Lipinski definition) is 2. The molecule has 1 aliphatic heterocycles. The lowest BCUT2D eigenvalue weighted by Crippen LogP contribution is -2.46. The normalized spacial score (nSPS) is 27.1. The fourth-order valence-electron chi connectivity index (χ4n) is 3.05. The van der Waals surface area contributed by atoms with Crippen molar-refractivity contribution in [2.45, 2.75) is 64.0 Å². The number of hydrogen-bond donors (Lipinski definition) is 0. The highest BCUT2D eigenvalue weighted by molar-refractivity contribution is 5.10. The maximum Gasteiger partial charge on any atom is 0.0824 e. The first-order valence-corrected chi connectivity index (χ1v) is 6.66. The minimum absolute atomic E-state index is 0.0191. The Hall–Kier alpha value is -0.500. The van der Waals surface area contributed by atoms with Crippen LogP contribution in [0.3, 0.4) is 0 Å². The van der Waals surface area contributed by atoms with Gasteiger partial charge in [-0.05, 0) is 52.4 Å². The second-order valence-corrected chi connectivity index (χ2v) is 5.60. The van der Waals surface area contributed by atoms with E-state index in [1.165, 1.54) is 45.1 Å². The molecule has 1 aliphatic carbocycles. The molecule has 0 amide bonds. The van der Waals surface area contributed by atoms with E-state index in [1.807, 2.05) is 7.11 Å². The lowest BCUT2D eigenvalue weighted by molar-refractivity contribution is -0.0332. The van der Waals surface area contributed by atoms with Crippen LogP contribution in [0.2, 0.25) is 0 Å². The molecule has 2 aliphatic rings. The SMILES string of the molecule is COC(C)(C)[C@@H]1CCCN1C1=CCCCC1. The van der Waals surface area contributed by atoms with E-state index in [-0.39, 0.29) is 5.60 Å². The summed E-state index contributed by atoms with van der Waals surface area (Å²) < 4.78 is 5.67. The van der Waals surface area contributed by atoms with Gasteiger partial charge in [-0.1, -0.05) is 6.08 Å². The van der Waals surface area contributed by atoms with Crippen LogP contribution in [-0.2, 0) is 4.74 Å². The van der Waals surface area contributed by atoms with Gasteiger partial charge in [0.25, 0.3) is 0 Å². The van der Waals surface area contributed by atoms with Crippen LogP contribution < -0.4 is 0 Å². The van der Waals surface area contributed by atoms with E-state index >= 15 is 0 Å². The van der Waals surface area contributed by atoms with Crippen molar-refractivity contribution >= 4 is 0 Å². The largest absolute Gasteiger partial charge is 0.377 e. The Morgan fingerprint density at radius 1 is 1.31 bits per heavy atom. The van der Waals surface area contributed by atoms with Gasteiger partial charge in [0.1, 0.15) is 0 Å². The molecule has 2 nitrogen and oxygen atoms in total. The van der Waals surface area contributed by atoms with Crippen LogP contribution in [0.4, 0.5) is 0 Å². The summed E-state index contributed by atoms with van der Waals surface area (Å²) in [7, 11) is 1.84. The Bertz CT molecular complexity index is 270. The highest BCUT2D eigenvalue weighted by Crippen LogP contribution is 2.34. The van der Waals surface area contributed by atoms with Crippen LogP contribution in [0.25, 0.3) is 0 Å². The Kier molecular flexibility index (Phi) is 3.58. The minimum atomic E-state index is -0.0191. The molecule has 0 aromatic rings. The van der Waals surface area contributed by atoms with Gasteiger partial charge in [0, 0.05) is 19.4 Å². The Balaban J connectivity index is 2.11. The zero-order valence-electron chi connectivity index (χ0n) is 11.0. The van der Waals surface area contributed by atoms with E-state index in [1.54, 1.807) is 5.70 Å². The molecule has 0 unspecified atom stereocenters. The Labute approximate surface area is 99.7 Å². The summed E-state index contributed by atoms with van der Waals surface area (Å²) in [4.78, 5) is 2.61. The van der Waals surface area contributed by atoms with E-state index < -0.39 is 0 Å². The number of ether oxygens (including phenoxy) is 1. The van der Waals surface area contributed by atoms with Crippen molar-refractivity contribution in [3.8, 4) is 0 Å². The third-order valence-electron chi connectivity index (χ3n) is 4.22. The average molecular weight is 223 g/mol. The first kappa shape index (κ1) is 12.0. The van der Waals surface area contributed by atoms with Gasteiger partial charge in [-0.3, -0.25) is 0 Å². The third-order valence-corrected chi connectivity index (χ3v) is 4.22. The quantitative estimate of drug-likeness (QED) is 0.727. The molecule has 0 N–H and O–H groups in total. The van der Waals surface area contributed by atoms with Gasteiger partial charge in [0.2, 0.25) is 0 Å². The van der Waals surface area contributed by atoms with Crippen LogP contribution in [0.15, 0.2) is 11.8 Å². The standard InChI is InChI=1S/C14H25NO/c1-14(2,16-3)13-10-7-11-15(13)12-8-5-4-6-9-12/h8,13H,4-7,9-11H2,1-3H3/t13-/m0/s1. The number of nitrogens with zero attached hydrogens (tertiary/aromatic N) is 1. The van der Waals surface area contributed by atoms with Crippen LogP contribution in [-0.4, -0.2) is 30.2 Å². The molecule has 2 heteroatoms. The van der Waals surface area contributed by atoms with Crippen molar-refractivity contribution in [2.75, 3.05) is 13.7 Å². The molecule has 0 bridgehead atoms. The molecule has 1 heterocycles. The van der Waals surface area contributed by atoms with E-state index in [4.69, 9.17) is 4.74 Å². The molecular formula is C14H25NO. The van der Waals surface area contributed by atoms with E-state index in [2.05, 4.69) is 24.8 Å². The third kappa shape index (κ3) is 2.27. The van der Waals surface area contributed by atoms with Crippen molar-refractivity contribution in [2.24, 2.45) is 0 Å². The highest BCUT2D eigenvalue weighted by atomic mass is 16.5. The summed E-state index contributed by atoms with van der Waals surface area (Å²) in [6.07, 6.45) is 10.3. The van der Waals surface area contributed by atoms with Gasteiger partial charge in [-0.15, -0.1) is 0 Å². The molecule has 1 atom stereocenters. The first-order valence-electron chi connectivity index (χ1n) is 6.66. The van der Waals surface area contributed by atoms with Gasteiger partial charge < -0.3 is 9.64 Å². The summed E-state index contributed by atoms with van der Waals surface area (Å²) in [6.45, 7) is 5.67. The van der Waals surface area contributed by atoms with E-state index in [9.17, 15) is 0 Å². The second-order valence-electron chi connectivity index (χ2n) is 5.60. The lowest BCUT2D eigenvalue weighted by Gasteiger charge is -2.40. The van der Waals surface area contributed by atoms with Crippen molar-refractivity contribution in [3.63, 3.8) is 0 Å². The summed E-state index contributed by atoms with van der Waals surface area (Å²) in [5.74, 6) is 0. The second kappa shape index (κ2) is 4.79. The fraction of sp³-hybridized carbons (Fsp3) is 0.857. The van der Waals surface area contributed by atoms with Gasteiger partial charge in [-0.25, -0.2) is 0 Å². The van der Waals surface area contributed by atoms with Crippen LogP contribution in [0, 0.1) is 0 Å². The maximum absolute atomic E-state index is 5.67. The summed E-state index contributed by atoms with van der Waals surface area (Å²) in [5, 5.41) is 0. The summed E-state index contributed by atoms with van der Waals surface area (Å²) in [6, 6.07) is 0.571. The zero-order valence-corrected chi connectivity index (χ0v) is 11.0. The van der Waals surface area contributed by atoms with Crippen LogP contribution in [0.1, 0.15) is 52.4 Å². The predicted octanol–water partition coefficient (Wildman–Crippen LogP) is 3.33. The molecule has 0 aromatic heterocycles. The zero-order chi connectivity index (χ0) is 11.6. The van der Waals surface area contributed by atoms with Gasteiger partial charge >= 0.3 is 0 Å². The highest BCUT2D eigenvalue weighted by Gasteiger charge is 2.38. The number of likely N-dealkylation sites (tertiary alicyclic amines) is 1. The predicted molar refractivity (Wildman–Crippen MR) is 67.4 cm³/mol. The van der Waals surface area contributed by atoms with E-state index in [0.29, 0.717) is 6.04 Å². The summed E-state index contributed by atoms with van der Waals surface area (Å²) in [5.41, 5.74) is 1.56. The Morgan fingerprint density at radius 2 is 2.12 bits per heavy atom. The summed E-state index contributed by atoms with van der Waals surface area (Å²) >= 11 is 0. The molecule has 2 rings (SSSR count). The van der Waals surface area contributed by atoms with Crippen molar-refractivity contribution in [3.05, 3.63) is 11.8 Å². The number of allylic oxidation sites excluding steroid dienone is 2. The first-order chi connectivity index (χ1) is 7.65. The molecule has 0 saturated carbocycles. The smallest absolute Gasteiger partial charge is 0.0824 e. The monoisotopic (exact) mass is 223 g/mol. The molecule has 1 saturated heterocycles. The minimum Gasteiger partial charge on any atom is -0.377 e.